The first-order valence-corrected chi connectivity index (χ1v) is 8.79. The van der Waals surface area contributed by atoms with E-state index in [-0.39, 0.29) is 11.8 Å². The number of carbonyl (C=O) groups is 4. The van der Waals surface area contributed by atoms with Crippen LogP contribution in [0, 0.1) is 0 Å². The SMILES string of the molecule is COC(=O)C(=O)N1CCCC1=Cc1nnc([C@@H]2CCCN2C(=O)C(=O)OC)o1. The highest BCUT2D eigenvalue weighted by atomic mass is 16.5. The zero-order valence-electron chi connectivity index (χ0n) is 15.5. The highest BCUT2D eigenvalue weighted by Crippen LogP contribution is 2.32. The zero-order valence-corrected chi connectivity index (χ0v) is 15.5. The quantitative estimate of drug-likeness (QED) is 0.505. The van der Waals surface area contributed by atoms with Crippen LogP contribution in [-0.4, -0.2) is 71.1 Å². The summed E-state index contributed by atoms with van der Waals surface area (Å²) in [7, 11) is 2.29. The van der Waals surface area contributed by atoms with Crippen LogP contribution in [-0.2, 0) is 28.7 Å². The van der Waals surface area contributed by atoms with Crippen molar-refractivity contribution in [2.45, 2.75) is 31.7 Å². The maximum Gasteiger partial charge on any atom is 0.397 e. The number of carbonyl (C=O) groups excluding carboxylic acids is 4. The van der Waals surface area contributed by atoms with Gasteiger partial charge >= 0.3 is 23.8 Å². The topological polar surface area (TPSA) is 132 Å². The molecule has 0 radical (unpaired) electrons. The lowest BCUT2D eigenvalue weighted by molar-refractivity contribution is -0.158. The number of aromatic nitrogens is 2. The Hall–Kier alpha value is -3.24. The van der Waals surface area contributed by atoms with E-state index in [4.69, 9.17) is 4.42 Å². The van der Waals surface area contributed by atoms with E-state index in [2.05, 4.69) is 19.7 Å². The lowest BCUT2D eigenvalue weighted by Crippen LogP contribution is -2.36. The van der Waals surface area contributed by atoms with Crippen LogP contribution in [0.3, 0.4) is 0 Å². The van der Waals surface area contributed by atoms with Crippen LogP contribution >= 0.6 is 0 Å². The van der Waals surface area contributed by atoms with Crippen molar-refractivity contribution in [2.24, 2.45) is 0 Å². The molecule has 3 heterocycles. The molecule has 2 saturated heterocycles. The number of hydrogen-bond donors (Lipinski definition) is 0. The van der Waals surface area contributed by atoms with Gasteiger partial charge in [0.25, 0.3) is 0 Å². The van der Waals surface area contributed by atoms with Crippen molar-refractivity contribution in [1.82, 2.24) is 20.0 Å². The molecule has 1 atom stereocenters. The van der Waals surface area contributed by atoms with Crippen molar-refractivity contribution in [3.8, 4) is 0 Å². The molecular formula is C17H20N4O7. The highest BCUT2D eigenvalue weighted by Gasteiger charge is 2.37. The average molecular weight is 392 g/mol. The van der Waals surface area contributed by atoms with Gasteiger partial charge in [0.1, 0.15) is 6.04 Å². The third-order valence-corrected chi connectivity index (χ3v) is 4.67. The number of nitrogens with zero attached hydrogens (tertiary/aromatic N) is 4. The molecule has 2 fully saturated rings. The molecule has 28 heavy (non-hydrogen) atoms. The van der Waals surface area contributed by atoms with E-state index in [9.17, 15) is 19.2 Å². The first-order chi connectivity index (χ1) is 13.5. The van der Waals surface area contributed by atoms with Crippen molar-refractivity contribution in [1.29, 1.82) is 0 Å². The van der Waals surface area contributed by atoms with Crippen molar-refractivity contribution < 1.29 is 33.1 Å². The fraction of sp³-hybridized carbons (Fsp3) is 0.529. The standard InChI is InChI=1S/C17H20N4O7/c1-26-16(24)14(22)20-7-3-5-10(20)9-12-18-19-13(28-12)11-6-4-8-21(11)15(23)17(25)27-2/h9,11H,3-8H2,1-2H3/t11-/m0/s1. The zero-order chi connectivity index (χ0) is 20.3. The number of rotatable bonds is 2. The lowest BCUT2D eigenvalue weighted by Gasteiger charge is -2.20. The fourth-order valence-electron chi connectivity index (χ4n) is 3.33. The summed E-state index contributed by atoms with van der Waals surface area (Å²) in [6.45, 7) is 0.781. The Labute approximate surface area is 160 Å². The van der Waals surface area contributed by atoms with E-state index >= 15 is 0 Å². The second kappa shape index (κ2) is 8.19. The summed E-state index contributed by atoms with van der Waals surface area (Å²) in [6.07, 6.45) is 4.06. The van der Waals surface area contributed by atoms with Crippen molar-refractivity contribution in [3.05, 3.63) is 17.5 Å². The molecule has 150 valence electrons. The minimum atomic E-state index is -0.948. The fourth-order valence-corrected chi connectivity index (χ4v) is 3.33. The summed E-state index contributed by atoms with van der Waals surface area (Å²) in [4.78, 5) is 49.9. The van der Waals surface area contributed by atoms with E-state index in [1.807, 2.05) is 0 Å². The van der Waals surface area contributed by atoms with Crippen molar-refractivity contribution >= 4 is 29.8 Å². The monoisotopic (exact) mass is 392 g/mol. The Kier molecular flexibility index (Phi) is 5.71. The number of hydrogen-bond acceptors (Lipinski definition) is 9. The number of likely N-dealkylation sites (tertiary alicyclic amines) is 2. The number of amides is 2. The molecule has 2 aliphatic rings. The van der Waals surface area contributed by atoms with Crippen LogP contribution < -0.4 is 0 Å². The summed E-state index contributed by atoms with van der Waals surface area (Å²) in [6, 6.07) is -0.511. The van der Waals surface area contributed by atoms with E-state index in [1.165, 1.54) is 15.9 Å². The molecule has 0 unspecified atom stereocenters. The summed E-state index contributed by atoms with van der Waals surface area (Å²) in [5.41, 5.74) is 0.569. The van der Waals surface area contributed by atoms with E-state index in [0.29, 0.717) is 44.5 Å². The Morgan fingerprint density at radius 3 is 2.46 bits per heavy atom. The van der Waals surface area contributed by atoms with Gasteiger partial charge in [-0.3, -0.25) is 9.59 Å². The molecule has 0 aromatic carbocycles. The Morgan fingerprint density at radius 1 is 1.04 bits per heavy atom. The number of methoxy groups -OCH3 is 2. The van der Waals surface area contributed by atoms with Gasteiger partial charge in [0.05, 0.1) is 14.2 Å². The predicted molar refractivity (Wildman–Crippen MR) is 90.9 cm³/mol. The molecule has 1 aromatic heterocycles. The predicted octanol–water partition coefficient (Wildman–Crippen LogP) is 0.0424. The summed E-state index contributed by atoms with van der Waals surface area (Å²) in [5, 5.41) is 7.92. The molecule has 2 aliphatic heterocycles. The van der Waals surface area contributed by atoms with Gasteiger partial charge < -0.3 is 23.7 Å². The van der Waals surface area contributed by atoms with Crippen LogP contribution in [0.2, 0.25) is 0 Å². The highest BCUT2D eigenvalue weighted by molar-refractivity contribution is 6.33. The van der Waals surface area contributed by atoms with Gasteiger partial charge in [0.2, 0.25) is 11.8 Å². The molecule has 1 aromatic rings. The summed E-state index contributed by atoms with van der Waals surface area (Å²) < 4.78 is 14.6. The minimum absolute atomic E-state index is 0.145. The van der Waals surface area contributed by atoms with Gasteiger partial charge in [-0.05, 0) is 25.7 Å². The van der Waals surface area contributed by atoms with Crippen LogP contribution in [0.4, 0.5) is 0 Å². The molecular weight excluding hydrogens is 372 g/mol. The average Bonchev–Trinajstić information content (AvgIpc) is 3.45. The van der Waals surface area contributed by atoms with Gasteiger partial charge in [-0.25, -0.2) is 9.59 Å². The van der Waals surface area contributed by atoms with Gasteiger partial charge in [-0.15, -0.1) is 10.2 Å². The first kappa shape index (κ1) is 19.5. The van der Waals surface area contributed by atoms with Gasteiger partial charge in [0, 0.05) is 24.9 Å². The Balaban J connectivity index is 1.77. The second-order valence-corrected chi connectivity index (χ2v) is 6.31. The van der Waals surface area contributed by atoms with Crippen molar-refractivity contribution in [3.63, 3.8) is 0 Å². The molecule has 11 heteroatoms. The second-order valence-electron chi connectivity index (χ2n) is 6.31. The molecule has 0 bridgehead atoms. The number of ether oxygens (including phenoxy) is 2. The molecule has 0 spiro atoms. The molecule has 2 amide bonds. The van der Waals surface area contributed by atoms with Crippen LogP contribution in [0.1, 0.15) is 43.5 Å². The number of allylic oxidation sites excluding steroid dienone is 1. The Morgan fingerprint density at radius 2 is 1.75 bits per heavy atom. The maximum absolute atomic E-state index is 12.1. The van der Waals surface area contributed by atoms with Crippen LogP contribution in [0.15, 0.2) is 10.1 Å². The van der Waals surface area contributed by atoms with Gasteiger partial charge in [-0.2, -0.15) is 0 Å². The van der Waals surface area contributed by atoms with E-state index in [0.717, 1.165) is 14.2 Å². The summed E-state index contributed by atoms with van der Waals surface area (Å²) >= 11 is 0. The van der Waals surface area contributed by atoms with Crippen LogP contribution in [0.25, 0.3) is 6.08 Å². The first-order valence-electron chi connectivity index (χ1n) is 8.79. The van der Waals surface area contributed by atoms with E-state index < -0.39 is 29.8 Å². The third kappa shape index (κ3) is 3.73. The van der Waals surface area contributed by atoms with Gasteiger partial charge in [-0.1, -0.05) is 0 Å². The normalized spacial score (nSPS) is 20.5. The Bertz CT molecular complexity index is 831. The van der Waals surface area contributed by atoms with Crippen molar-refractivity contribution in [2.75, 3.05) is 27.3 Å². The van der Waals surface area contributed by atoms with Crippen LogP contribution in [0.5, 0.6) is 0 Å². The minimum Gasteiger partial charge on any atom is -0.462 e. The van der Waals surface area contributed by atoms with Gasteiger partial charge in [0.15, 0.2) is 0 Å². The maximum atomic E-state index is 12.1. The van der Waals surface area contributed by atoms with E-state index in [1.54, 1.807) is 0 Å². The largest absolute Gasteiger partial charge is 0.462 e. The molecule has 0 N–H and O–H groups in total. The molecule has 11 nitrogen and oxygen atoms in total. The lowest BCUT2D eigenvalue weighted by atomic mass is 10.2. The number of esters is 2. The molecule has 3 rings (SSSR count). The summed E-state index contributed by atoms with van der Waals surface area (Å²) in [5.74, 6) is -3.05. The molecule has 0 saturated carbocycles. The smallest absolute Gasteiger partial charge is 0.397 e. The third-order valence-electron chi connectivity index (χ3n) is 4.67. The molecule has 0 aliphatic carbocycles.